The van der Waals surface area contributed by atoms with Crippen LogP contribution in [0.15, 0.2) is 30.5 Å². The molecule has 5 nitrogen and oxygen atoms in total. The van der Waals surface area contributed by atoms with E-state index in [9.17, 15) is 4.79 Å². The Morgan fingerprint density at radius 1 is 1.16 bits per heavy atom. The highest BCUT2D eigenvalue weighted by molar-refractivity contribution is 5.83. The van der Waals surface area contributed by atoms with Crippen molar-refractivity contribution < 1.29 is 4.79 Å². The van der Waals surface area contributed by atoms with E-state index in [0.717, 1.165) is 24.8 Å². The standard InChI is InChI=1S/C20H30N4O/c1-19(2)11-15(12-20(3,4)24-19)23-18(25)21-10-9-14-13-22-17-8-6-5-7-16(14)17/h5-8,13,15,22,24H,9-12H2,1-4H3,(H2,21,23,25). The van der Waals surface area contributed by atoms with Gasteiger partial charge in [-0.15, -0.1) is 0 Å². The molecule has 0 bridgehead atoms. The molecule has 1 saturated heterocycles. The van der Waals surface area contributed by atoms with Crippen molar-refractivity contribution in [1.82, 2.24) is 20.9 Å². The van der Waals surface area contributed by atoms with Crippen LogP contribution in [0.3, 0.4) is 0 Å². The number of benzene rings is 1. The molecule has 3 rings (SSSR count). The molecule has 1 aromatic heterocycles. The molecule has 2 heterocycles. The molecule has 5 heteroatoms. The third-order valence-electron chi connectivity index (χ3n) is 4.88. The molecule has 136 valence electrons. The van der Waals surface area contributed by atoms with Gasteiger partial charge in [-0.1, -0.05) is 18.2 Å². The van der Waals surface area contributed by atoms with Crippen molar-refractivity contribution >= 4 is 16.9 Å². The Morgan fingerprint density at radius 2 is 1.84 bits per heavy atom. The van der Waals surface area contributed by atoms with Crippen LogP contribution < -0.4 is 16.0 Å². The number of piperidine rings is 1. The molecule has 1 aromatic carbocycles. The molecule has 0 saturated carbocycles. The molecule has 2 aromatic rings. The van der Waals surface area contributed by atoms with E-state index in [0.29, 0.717) is 6.54 Å². The summed E-state index contributed by atoms with van der Waals surface area (Å²) in [5.74, 6) is 0. The van der Waals surface area contributed by atoms with Gasteiger partial charge in [0.05, 0.1) is 0 Å². The lowest BCUT2D eigenvalue weighted by Gasteiger charge is -2.46. The van der Waals surface area contributed by atoms with Crippen molar-refractivity contribution in [3.63, 3.8) is 0 Å². The van der Waals surface area contributed by atoms with E-state index in [4.69, 9.17) is 0 Å². The van der Waals surface area contributed by atoms with Gasteiger partial charge in [-0.2, -0.15) is 0 Å². The van der Waals surface area contributed by atoms with Crippen LogP contribution in [0.1, 0.15) is 46.1 Å². The summed E-state index contributed by atoms with van der Waals surface area (Å²) in [4.78, 5) is 15.5. The zero-order valence-corrected chi connectivity index (χ0v) is 15.7. The SMILES string of the molecule is CC1(C)CC(NC(=O)NCCc2c[nH]c3ccccc23)CC(C)(C)N1. The molecular formula is C20H30N4O. The van der Waals surface area contributed by atoms with Crippen LogP contribution in [-0.4, -0.2) is 34.7 Å². The van der Waals surface area contributed by atoms with Gasteiger partial charge < -0.3 is 20.9 Å². The molecule has 0 unspecified atom stereocenters. The van der Waals surface area contributed by atoms with Crippen molar-refractivity contribution in [3.8, 4) is 0 Å². The minimum absolute atomic E-state index is 0.0315. The number of hydrogen-bond donors (Lipinski definition) is 4. The second-order valence-electron chi connectivity index (χ2n) is 8.51. The quantitative estimate of drug-likeness (QED) is 0.688. The number of hydrogen-bond acceptors (Lipinski definition) is 2. The lowest BCUT2D eigenvalue weighted by molar-refractivity contribution is 0.147. The van der Waals surface area contributed by atoms with E-state index in [1.54, 1.807) is 0 Å². The maximum atomic E-state index is 12.3. The highest BCUT2D eigenvalue weighted by atomic mass is 16.2. The average molecular weight is 342 g/mol. The average Bonchev–Trinajstić information content (AvgIpc) is 2.87. The molecule has 0 spiro atoms. The highest BCUT2D eigenvalue weighted by Gasteiger charge is 2.38. The fourth-order valence-electron chi connectivity index (χ4n) is 4.31. The minimum atomic E-state index is -0.0710. The topological polar surface area (TPSA) is 69.0 Å². The van der Waals surface area contributed by atoms with Crippen molar-refractivity contribution in [3.05, 3.63) is 36.0 Å². The Hall–Kier alpha value is -2.01. The van der Waals surface area contributed by atoms with Crippen LogP contribution in [0.2, 0.25) is 0 Å². The number of fused-ring (bicyclic) bond motifs is 1. The predicted octanol–water partition coefficient (Wildman–Crippen LogP) is 3.32. The lowest BCUT2D eigenvalue weighted by Crippen LogP contribution is -2.62. The Kier molecular flexibility index (Phi) is 4.78. The summed E-state index contributed by atoms with van der Waals surface area (Å²) in [6.45, 7) is 9.40. The third-order valence-corrected chi connectivity index (χ3v) is 4.88. The number of amides is 2. The maximum Gasteiger partial charge on any atom is 0.315 e. The van der Waals surface area contributed by atoms with Gasteiger partial charge in [-0.25, -0.2) is 4.79 Å². The van der Waals surface area contributed by atoms with Gasteiger partial charge >= 0.3 is 6.03 Å². The first kappa shape index (κ1) is 17.8. The molecule has 0 aliphatic carbocycles. The number of aromatic amines is 1. The number of H-pyrrole nitrogens is 1. The van der Waals surface area contributed by atoms with Gasteiger partial charge in [0, 0.05) is 40.8 Å². The largest absolute Gasteiger partial charge is 0.361 e. The maximum absolute atomic E-state index is 12.3. The first-order valence-electron chi connectivity index (χ1n) is 9.13. The first-order valence-corrected chi connectivity index (χ1v) is 9.13. The Balaban J connectivity index is 1.50. The molecule has 25 heavy (non-hydrogen) atoms. The predicted molar refractivity (Wildman–Crippen MR) is 103 cm³/mol. The number of para-hydroxylation sites is 1. The lowest BCUT2D eigenvalue weighted by atomic mass is 9.80. The van der Waals surface area contributed by atoms with Crippen LogP contribution in [-0.2, 0) is 6.42 Å². The van der Waals surface area contributed by atoms with Crippen LogP contribution in [0.5, 0.6) is 0 Å². The molecule has 0 radical (unpaired) electrons. The summed E-state index contributed by atoms with van der Waals surface area (Å²) >= 11 is 0. The minimum Gasteiger partial charge on any atom is -0.361 e. The van der Waals surface area contributed by atoms with E-state index < -0.39 is 0 Å². The molecule has 0 atom stereocenters. The number of aromatic nitrogens is 1. The summed E-state index contributed by atoms with van der Waals surface area (Å²) in [5.41, 5.74) is 2.44. The van der Waals surface area contributed by atoms with Gasteiger partial charge in [0.15, 0.2) is 0 Å². The molecule has 4 N–H and O–H groups in total. The van der Waals surface area contributed by atoms with Crippen LogP contribution in [0.4, 0.5) is 4.79 Å². The summed E-state index contributed by atoms with van der Waals surface area (Å²) in [6.07, 6.45) is 4.72. The third kappa shape index (κ3) is 4.54. The van der Waals surface area contributed by atoms with E-state index in [2.05, 4.69) is 60.8 Å². The summed E-state index contributed by atoms with van der Waals surface area (Å²) in [6, 6.07) is 8.37. The molecule has 1 aliphatic rings. The van der Waals surface area contributed by atoms with Gasteiger partial charge in [0.1, 0.15) is 0 Å². The fraction of sp³-hybridized carbons (Fsp3) is 0.550. The number of carbonyl (C=O) groups is 1. The van der Waals surface area contributed by atoms with Gasteiger partial charge in [0.25, 0.3) is 0 Å². The van der Waals surface area contributed by atoms with Crippen molar-refractivity contribution in [2.24, 2.45) is 0 Å². The van der Waals surface area contributed by atoms with E-state index in [-0.39, 0.29) is 23.2 Å². The zero-order chi connectivity index (χ0) is 18.1. The number of nitrogens with one attached hydrogen (secondary N) is 4. The smallest absolute Gasteiger partial charge is 0.315 e. The second kappa shape index (κ2) is 6.71. The van der Waals surface area contributed by atoms with Crippen molar-refractivity contribution in [1.29, 1.82) is 0 Å². The highest BCUT2D eigenvalue weighted by Crippen LogP contribution is 2.28. The van der Waals surface area contributed by atoms with E-state index >= 15 is 0 Å². The van der Waals surface area contributed by atoms with Crippen LogP contribution in [0, 0.1) is 0 Å². The Labute approximate surface area is 150 Å². The monoisotopic (exact) mass is 342 g/mol. The van der Waals surface area contributed by atoms with Gasteiger partial charge in [0.2, 0.25) is 0 Å². The normalized spacial score (nSPS) is 19.7. The molecular weight excluding hydrogens is 312 g/mol. The summed E-state index contributed by atoms with van der Waals surface area (Å²) < 4.78 is 0. The summed E-state index contributed by atoms with van der Waals surface area (Å²) in [5, 5.41) is 11.0. The number of carbonyl (C=O) groups excluding carboxylic acids is 1. The van der Waals surface area contributed by atoms with Gasteiger partial charge in [-0.3, -0.25) is 0 Å². The first-order chi connectivity index (χ1) is 11.7. The second-order valence-corrected chi connectivity index (χ2v) is 8.51. The van der Waals surface area contributed by atoms with Crippen molar-refractivity contribution in [2.75, 3.05) is 6.54 Å². The molecule has 2 amide bonds. The van der Waals surface area contributed by atoms with E-state index in [1.807, 2.05) is 18.3 Å². The molecule has 1 fully saturated rings. The summed E-state index contributed by atoms with van der Waals surface area (Å²) in [7, 11) is 0. The van der Waals surface area contributed by atoms with Gasteiger partial charge in [-0.05, 0) is 58.6 Å². The molecule has 1 aliphatic heterocycles. The van der Waals surface area contributed by atoms with E-state index in [1.165, 1.54) is 10.9 Å². The van der Waals surface area contributed by atoms with Crippen molar-refractivity contribution in [2.45, 2.75) is 64.1 Å². The number of urea groups is 1. The van der Waals surface area contributed by atoms with Crippen LogP contribution in [0.25, 0.3) is 10.9 Å². The number of rotatable bonds is 4. The fourth-order valence-corrected chi connectivity index (χ4v) is 4.31. The Bertz CT molecular complexity index is 731. The Morgan fingerprint density at radius 3 is 2.56 bits per heavy atom. The zero-order valence-electron chi connectivity index (χ0n) is 15.7. The van der Waals surface area contributed by atoms with Crippen LogP contribution >= 0.6 is 0 Å².